The molecule has 0 bridgehead atoms. The van der Waals surface area contributed by atoms with E-state index in [1.54, 1.807) is 31.4 Å². The van der Waals surface area contributed by atoms with Gasteiger partial charge in [-0.3, -0.25) is 4.79 Å². The predicted octanol–water partition coefficient (Wildman–Crippen LogP) is 3.00. The first kappa shape index (κ1) is 19.9. The Morgan fingerprint density at radius 3 is 2.62 bits per heavy atom. The highest BCUT2D eigenvalue weighted by molar-refractivity contribution is 5.89. The van der Waals surface area contributed by atoms with E-state index >= 15 is 0 Å². The molecule has 2 amide bonds. The normalized spacial score (nSPS) is 10.2. The number of nitrogens with zero attached hydrogens (tertiary/aromatic N) is 2. The van der Waals surface area contributed by atoms with Gasteiger partial charge < -0.3 is 24.6 Å². The third-order valence-corrected chi connectivity index (χ3v) is 3.82. The molecule has 0 atom stereocenters. The molecule has 0 spiro atoms. The number of methoxy groups -OCH3 is 1. The topological polar surface area (TPSA) is 116 Å². The van der Waals surface area contributed by atoms with E-state index in [1.807, 2.05) is 30.3 Å². The Morgan fingerprint density at radius 1 is 1.07 bits per heavy atom. The van der Waals surface area contributed by atoms with Crippen molar-refractivity contribution in [1.29, 1.82) is 0 Å². The summed E-state index contributed by atoms with van der Waals surface area (Å²) in [5.74, 6) is 0.612. The highest BCUT2D eigenvalue weighted by atomic mass is 16.6. The molecule has 1 aromatic heterocycles. The molecule has 9 heteroatoms. The van der Waals surface area contributed by atoms with E-state index in [9.17, 15) is 9.59 Å². The molecule has 9 nitrogen and oxygen atoms in total. The van der Waals surface area contributed by atoms with Crippen LogP contribution in [0.1, 0.15) is 12.3 Å². The van der Waals surface area contributed by atoms with Crippen LogP contribution in [0.5, 0.6) is 5.75 Å². The van der Waals surface area contributed by atoms with Crippen molar-refractivity contribution in [2.45, 2.75) is 13.0 Å². The van der Waals surface area contributed by atoms with Gasteiger partial charge in [0.25, 0.3) is 5.89 Å². The average molecular weight is 396 g/mol. The Morgan fingerprint density at radius 2 is 1.83 bits per heavy atom. The Labute approximate surface area is 167 Å². The highest BCUT2D eigenvalue weighted by Crippen LogP contribution is 2.27. The van der Waals surface area contributed by atoms with Crippen LogP contribution in [0.3, 0.4) is 0 Å². The van der Waals surface area contributed by atoms with Crippen molar-refractivity contribution in [3.05, 3.63) is 60.5 Å². The summed E-state index contributed by atoms with van der Waals surface area (Å²) in [5, 5.41) is 9.11. The van der Waals surface area contributed by atoms with Gasteiger partial charge in [0.2, 0.25) is 5.82 Å². The number of para-hydroxylation sites is 2. The van der Waals surface area contributed by atoms with Gasteiger partial charge in [-0.05, 0) is 24.3 Å². The van der Waals surface area contributed by atoms with Crippen LogP contribution in [-0.4, -0.2) is 35.8 Å². The van der Waals surface area contributed by atoms with Gasteiger partial charge in [0.05, 0.1) is 19.1 Å². The summed E-state index contributed by atoms with van der Waals surface area (Å²) in [6, 6.07) is 15.8. The number of rotatable bonds is 8. The summed E-state index contributed by atoms with van der Waals surface area (Å²) in [6.45, 7) is -0.0228. The van der Waals surface area contributed by atoms with Crippen LogP contribution in [0, 0.1) is 0 Å². The fourth-order valence-corrected chi connectivity index (χ4v) is 2.44. The Bertz CT molecular complexity index is 958. The van der Waals surface area contributed by atoms with Gasteiger partial charge >= 0.3 is 12.0 Å². The molecule has 2 aromatic carbocycles. The Kier molecular flexibility index (Phi) is 6.77. The molecule has 0 aliphatic carbocycles. The monoisotopic (exact) mass is 396 g/mol. The van der Waals surface area contributed by atoms with Gasteiger partial charge in [-0.25, -0.2) is 4.79 Å². The van der Waals surface area contributed by atoms with Crippen LogP contribution >= 0.6 is 0 Å². The molecular formula is C20H20N4O5. The van der Waals surface area contributed by atoms with Crippen molar-refractivity contribution >= 4 is 17.7 Å². The first-order valence-corrected chi connectivity index (χ1v) is 8.87. The van der Waals surface area contributed by atoms with Crippen molar-refractivity contribution in [1.82, 2.24) is 15.5 Å². The molecule has 0 aliphatic heterocycles. The summed E-state index contributed by atoms with van der Waals surface area (Å²) in [6.07, 6.45) is 0.00964. The van der Waals surface area contributed by atoms with Gasteiger partial charge in [0.1, 0.15) is 5.75 Å². The molecule has 0 aliphatic rings. The molecular weight excluding hydrogens is 376 g/mol. The second kappa shape index (κ2) is 9.88. The highest BCUT2D eigenvalue weighted by Gasteiger charge is 2.14. The summed E-state index contributed by atoms with van der Waals surface area (Å²) in [5.41, 5.74) is 1.33. The van der Waals surface area contributed by atoms with Crippen LogP contribution in [0.25, 0.3) is 11.4 Å². The number of amides is 2. The number of urea groups is 1. The SMILES string of the molecule is COc1ccccc1-c1noc(COC(=O)CCNC(=O)Nc2ccccc2)n1. The van der Waals surface area contributed by atoms with E-state index in [1.165, 1.54) is 0 Å². The number of esters is 1. The van der Waals surface area contributed by atoms with E-state index in [0.717, 1.165) is 0 Å². The third-order valence-electron chi connectivity index (χ3n) is 3.82. The first-order chi connectivity index (χ1) is 14.2. The summed E-state index contributed by atoms with van der Waals surface area (Å²) in [4.78, 5) is 27.8. The zero-order chi connectivity index (χ0) is 20.5. The average Bonchev–Trinajstić information content (AvgIpc) is 3.22. The quantitative estimate of drug-likeness (QED) is 0.562. The molecule has 1 heterocycles. The maximum atomic E-state index is 11.8. The number of benzene rings is 2. The van der Waals surface area contributed by atoms with E-state index < -0.39 is 12.0 Å². The lowest BCUT2D eigenvalue weighted by atomic mass is 10.2. The predicted molar refractivity (Wildman–Crippen MR) is 104 cm³/mol. The van der Waals surface area contributed by atoms with Crippen molar-refractivity contribution < 1.29 is 23.6 Å². The number of nitrogens with one attached hydrogen (secondary N) is 2. The number of hydrogen-bond donors (Lipinski definition) is 2. The number of carbonyl (C=O) groups excluding carboxylic acids is 2. The molecule has 3 rings (SSSR count). The fourth-order valence-electron chi connectivity index (χ4n) is 2.44. The number of ether oxygens (including phenoxy) is 2. The first-order valence-electron chi connectivity index (χ1n) is 8.87. The van der Waals surface area contributed by atoms with Gasteiger partial charge in [-0.2, -0.15) is 4.98 Å². The van der Waals surface area contributed by atoms with Crippen LogP contribution in [-0.2, 0) is 16.1 Å². The van der Waals surface area contributed by atoms with Crippen LogP contribution in [0.15, 0.2) is 59.1 Å². The minimum Gasteiger partial charge on any atom is -0.496 e. The molecule has 0 saturated heterocycles. The lowest BCUT2D eigenvalue weighted by Crippen LogP contribution is -2.30. The van der Waals surface area contributed by atoms with Crippen molar-refractivity contribution in [2.24, 2.45) is 0 Å². The molecule has 150 valence electrons. The third kappa shape index (κ3) is 5.80. The Balaban J connectivity index is 1.41. The summed E-state index contributed by atoms with van der Waals surface area (Å²) in [7, 11) is 1.55. The molecule has 0 radical (unpaired) electrons. The maximum absolute atomic E-state index is 11.8. The van der Waals surface area contributed by atoms with Gasteiger partial charge in [-0.15, -0.1) is 0 Å². The number of hydrogen-bond acceptors (Lipinski definition) is 7. The summed E-state index contributed by atoms with van der Waals surface area (Å²) < 4.78 is 15.5. The zero-order valence-electron chi connectivity index (χ0n) is 15.8. The van der Waals surface area contributed by atoms with E-state index in [4.69, 9.17) is 14.0 Å². The smallest absolute Gasteiger partial charge is 0.319 e. The minimum atomic E-state index is -0.498. The molecule has 0 unspecified atom stereocenters. The molecule has 0 fully saturated rings. The minimum absolute atomic E-state index is 0.00964. The molecule has 0 saturated carbocycles. The molecule has 29 heavy (non-hydrogen) atoms. The number of carbonyl (C=O) groups is 2. The largest absolute Gasteiger partial charge is 0.496 e. The van der Waals surface area contributed by atoms with E-state index in [0.29, 0.717) is 22.8 Å². The summed E-state index contributed by atoms with van der Waals surface area (Å²) >= 11 is 0. The van der Waals surface area contributed by atoms with Gasteiger partial charge in [0.15, 0.2) is 6.61 Å². The number of anilines is 1. The Hall–Kier alpha value is -3.88. The lowest BCUT2D eigenvalue weighted by Gasteiger charge is -2.07. The fraction of sp³-hybridized carbons (Fsp3) is 0.200. The lowest BCUT2D eigenvalue weighted by molar-refractivity contribution is -0.145. The van der Waals surface area contributed by atoms with Gasteiger partial charge in [-0.1, -0.05) is 35.5 Å². The van der Waals surface area contributed by atoms with E-state index in [2.05, 4.69) is 20.8 Å². The zero-order valence-corrected chi connectivity index (χ0v) is 15.8. The van der Waals surface area contributed by atoms with E-state index in [-0.39, 0.29) is 25.5 Å². The van der Waals surface area contributed by atoms with Crippen molar-refractivity contribution in [2.75, 3.05) is 19.0 Å². The second-order valence-electron chi connectivity index (χ2n) is 5.87. The standard InChI is InChI=1S/C20H20N4O5/c1-27-16-10-6-5-9-15(16)19-23-17(29-24-19)13-28-18(25)11-12-21-20(26)22-14-7-3-2-4-8-14/h2-10H,11-13H2,1H3,(H2,21,22,26). The second-order valence-corrected chi connectivity index (χ2v) is 5.87. The van der Waals surface area contributed by atoms with Crippen molar-refractivity contribution in [3.8, 4) is 17.1 Å². The van der Waals surface area contributed by atoms with Crippen LogP contribution < -0.4 is 15.4 Å². The van der Waals surface area contributed by atoms with Crippen LogP contribution in [0.2, 0.25) is 0 Å². The molecule has 3 aromatic rings. The maximum Gasteiger partial charge on any atom is 0.319 e. The number of aromatic nitrogens is 2. The van der Waals surface area contributed by atoms with Crippen molar-refractivity contribution in [3.63, 3.8) is 0 Å². The van der Waals surface area contributed by atoms with Crippen LogP contribution in [0.4, 0.5) is 10.5 Å². The molecule has 2 N–H and O–H groups in total. The van der Waals surface area contributed by atoms with Gasteiger partial charge in [0, 0.05) is 12.2 Å².